The number of halogens is 1. The van der Waals surface area contributed by atoms with E-state index in [2.05, 4.69) is 15.9 Å². The maximum absolute atomic E-state index is 9.76. The lowest BCUT2D eigenvalue weighted by molar-refractivity contribution is 0.170. The van der Waals surface area contributed by atoms with Crippen LogP contribution in [-0.2, 0) is 0 Å². The number of aryl methyl sites for hydroxylation is 2. The highest BCUT2D eigenvalue weighted by Gasteiger charge is 2.09. The lowest BCUT2D eigenvalue weighted by atomic mass is 10.0. The molecule has 0 unspecified atom stereocenters. The van der Waals surface area contributed by atoms with E-state index in [1.807, 2.05) is 26.0 Å². The summed E-state index contributed by atoms with van der Waals surface area (Å²) in [5.74, 6) is 0. The third-order valence-corrected chi connectivity index (χ3v) is 3.53. The molecule has 0 heterocycles. The molecular weight excluding hydrogens is 242 g/mol. The number of benzene rings is 1. The van der Waals surface area contributed by atoms with Crippen molar-refractivity contribution in [3.05, 3.63) is 33.3 Å². The Bertz CT molecular complexity index is 302. The van der Waals surface area contributed by atoms with Crippen molar-refractivity contribution in [3.8, 4) is 0 Å². The highest BCUT2D eigenvalue weighted by molar-refractivity contribution is 9.10. The van der Waals surface area contributed by atoms with Gasteiger partial charge in [-0.1, -0.05) is 28.1 Å². The van der Waals surface area contributed by atoms with Crippen molar-refractivity contribution in [1.29, 1.82) is 0 Å². The van der Waals surface area contributed by atoms with Gasteiger partial charge in [0.05, 0.1) is 6.10 Å². The molecule has 1 aromatic carbocycles. The third kappa shape index (κ3) is 2.56. The SMILES string of the molecule is Cc1cc([C@H](O)CCN)cc(C)c1Br. The minimum Gasteiger partial charge on any atom is -0.388 e. The molecule has 78 valence electrons. The fourth-order valence-corrected chi connectivity index (χ4v) is 1.73. The van der Waals surface area contributed by atoms with Crippen LogP contribution in [0.2, 0.25) is 0 Å². The summed E-state index contributed by atoms with van der Waals surface area (Å²) in [6.07, 6.45) is 0.172. The van der Waals surface area contributed by atoms with E-state index in [0.717, 1.165) is 21.2 Å². The Labute approximate surface area is 93.3 Å². The van der Waals surface area contributed by atoms with Crippen LogP contribution in [0.1, 0.15) is 29.2 Å². The van der Waals surface area contributed by atoms with Crippen molar-refractivity contribution in [2.75, 3.05) is 6.54 Å². The summed E-state index contributed by atoms with van der Waals surface area (Å²) in [7, 11) is 0. The Morgan fingerprint density at radius 2 is 1.86 bits per heavy atom. The van der Waals surface area contributed by atoms with Gasteiger partial charge in [-0.15, -0.1) is 0 Å². The van der Waals surface area contributed by atoms with E-state index in [0.29, 0.717) is 13.0 Å². The number of hydrogen-bond acceptors (Lipinski definition) is 2. The molecule has 3 heteroatoms. The predicted octanol–water partition coefficient (Wildman–Crippen LogP) is 2.45. The monoisotopic (exact) mass is 257 g/mol. The van der Waals surface area contributed by atoms with Gasteiger partial charge in [-0.25, -0.2) is 0 Å². The van der Waals surface area contributed by atoms with Gasteiger partial charge in [0, 0.05) is 4.47 Å². The van der Waals surface area contributed by atoms with Crippen LogP contribution >= 0.6 is 15.9 Å². The molecule has 2 nitrogen and oxygen atoms in total. The van der Waals surface area contributed by atoms with Crippen LogP contribution in [0, 0.1) is 13.8 Å². The van der Waals surface area contributed by atoms with Crippen LogP contribution in [0.4, 0.5) is 0 Å². The fraction of sp³-hybridized carbons (Fsp3) is 0.455. The molecule has 0 radical (unpaired) electrons. The van der Waals surface area contributed by atoms with E-state index in [1.165, 1.54) is 0 Å². The molecule has 1 aromatic rings. The zero-order valence-electron chi connectivity index (χ0n) is 8.55. The van der Waals surface area contributed by atoms with Crippen LogP contribution in [0.15, 0.2) is 16.6 Å². The smallest absolute Gasteiger partial charge is 0.0802 e. The molecule has 0 saturated carbocycles. The second-order valence-electron chi connectivity index (χ2n) is 3.56. The molecule has 14 heavy (non-hydrogen) atoms. The molecule has 0 aromatic heterocycles. The van der Waals surface area contributed by atoms with Gasteiger partial charge in [0.2, 0.25) is 0 Å². The molecule has 0 aliphatic carbocycles. The first kappa shape index (κ1) is 11.7. The van der Waals surface area contributed by atoms with Crippen molar-refractivity contribution >= 4 is 15.9 Å². The second-order valence-corrected chi connectivity index (χ2v) is 4.35. The van der Waals surface area contributed by atoms with Gasteiger partial charge in [0.15, 0.2) is 0 Å². The summed E-state index contributed by atoms with van der Waals surface area (Å²) in [4.78, 5) is 0. The molecule has 0 spiro atoms. The number of nitrogens with two attached hydrogens (primary N) is 1. The van der Waals surface area contributed by atoms with Gasteiger partial charge in [-0.3, -0.25) is 0 Å². The van der Waals surface area contributed by atoms with Crippen LogP contribution in [0.25, 0.3) is 0 Å². The van der Waals surface area contributed by atoms with Crippen molar-refractivity contribution in [3.63, 3.8) is 0 Å². The molecule has 0 saturated heterocycles. The van der Waals surface area contributed by atoms with Gasteiger partial charge in [-0.05, 0) is 43.5 Å². The number of hydrogen-bond donors (Lipinski definition) is 2. The zero-order valence-corrected chi connectivity index (χ0v) is 10.1. The average molecular weight is 258 g/mol. The highest BCUT2D eigenvalue weighted by Crippen LogP contribution is 2.26. The fourth-order valence-electron chi connectivity index (χ4n) is 1.50. The zero-order chi connectivity index (χ0) is 10.7. The molecule has 3 N–H and O–H groups in total. The standard InChI is InChI=1S/C11H16BrNO/c1-7-5-9(10(14)3-4-13)6-8(2)11(7)12/h5-6,10,14H,3-4,13H2,1-2H3/t10-/m1/s1. The van der Waals surface area contributed by atoms with E-state index in [4.69, 9.17) is 5.73 Å². The van der Waals surface area contributed by atoms with Gasteiger partial charge in [0.25, 0.3) is 0 Å². The molecule has 0 aliphatic rings. The molecule has 0 bridgehead atoms. The number of aliphatic hydroxyl groups excluding tert-OH is 1. The second kappa shape index (κ2) is 4.91. The lowest BCUT2D eigenvalue weighted by Gasteiger charge is -2.13. The van der Waals surface area contributed by atoms with Crippen molar-refractivity contribution in [2.24, 2.45) is 5.73 Å². The first-order chi connectivity index (χ1) is 6.56. The van der Waals surface area contributed by atoms with Crippen LogP contribution in [0.5, 0.6) is 0 Å². The lowest BCUT2D eigenvalue weighted by Crippen LogP contribution is -2.07. The molecule has 0 fully saturated rings. The molecule has 0 aliphatic heterocycles. The van der Waals surface area contributed by atoms with Crippen molar-refractivity contribution in [2.45, 2.75) is 26.4 Å². The van der Waals surface area contributed by atoms with Gasteiger partial charge in [0.1, 0.15) is 0 Å². The third-order valence-electron chi connectivity index (χ3n) is 2.28. The van der Waals surface area contributed by atoms with E-state index in [-0.39, 0.29) is 0 Å². The molecule has 1 rings (SSSR count). The van der Waals surface area contributed by atoms with Gasteiger partial charge >= 0.3 is 0 Å². The molecule has 1 atom stereocenters. The van der Waals surface area contributed by atoms with Crippen LogP contribution in [0.3, 0.4) is 0 Å². The first-order valence-electron chi connectivity index (χ1n) is 4.71. The summed E-state index contributed by atoms with van der Waals surface area (Å²) in [6.45, 7) is 4.56. The Balaban J connectivity index is 3.00. The van der Waals surface area contributed by atoms with Crippen LogP contribution < -0.4 is 5.73 Å². The Kier molecular flexibility index (Phi) is 4.11. The topological polar surface area (TPSA) is 46.2 Å². The van der Waals surface area contributed by atoms with Gasteiger partial charge in [-0.2, -0.15) is 0 Å². The largest absolute Gasteiger partial charge is 0.388 e. The van der Waals surface area contributed by atoms with E-state index >= 15 is 0 Å². The highest BCUT2D eigenvalue weighted by atomic mass is 79.9. The molecule has 0 amide bonds. The summed E-state index contributed by atoms with van der Waals surface area (Å²) in [5, 5.41) is 9.76. The van der Waals surface area contributed by atoms with Crippen molar-refractivity contribution < 1.29 is 5.11 Å². The van der Waals surface area contributed by atoms with E-state index in [9.17, 15) is 5.11 Å². The summed E-state index contributed by atoms with van der Waals surface area (Å²) in [5.41, 5.74) is 8.65. The van der Waals surface area contributed by atoms with E-state index in [1.54, 1.807) is 0 Å². The average Bonchev–Trinajstić information content (AvgIpc) is 2.13. The number of aliphatic hydroxyl groups is 1. The maximum atomic E-state index is 9.76. The van der Waals surface area contributed by atoms with Crippen molar-refractivity contribution in [1.82, 2.24) is 0 Å². The summed E-state index contributed by atoms with van der Waals surface area (Å²) in [6, 6.07) is 3.99. The Morgan fingerprint density at radius 1 is 1.36 bits per heavy atom. The summed E-state index contributed by atoms with van der Waals surface area (Å²) >= 11 is 3.50. The number of rotatable bonds is 3. The molecular formula is C11H16BrNO. The normalized spacial score (nSPS) is 12.9. The summed E-state index contributed by atoms with van der Waals surface area (Å²) < 4.78 is 1.11. The van der Waals surface area contributed by atoms with Crippen LogP contribution in [-0.4, -0.2) is 11.7 Å². The first-order valence-corrected chi connectivity index (χ1v) is 5.50. The Morgan fingerprint density at radius 3 is 2.29 bits per heavy atom. The van der Waals surface area contributed by atoms with Gasteiger partial charge < -0.3 is 10.8 Å². The minimum atomic E-state index is -0.439. The minimum absolute atomic E-state index is 0.439. The quantitative estimate of drug-likeness (QED) is 0.874. The predicted molar refractivity (Wildman–Crippen MR) is 62.2 cm³/mol. The maximum Gasteiger partial charge on any atom is 0.0802 e. The van der Waals surface area contributed by atoms with E-state index < -0.39 is 6.10 Å². The Hall–Kier alpha value is -0.380.